The van der Waals surface area contributed by atoms with Crippen LogP contribution in [0.3, 0.4) is 0 Å². The number of hydrogen-bond donors (Lipinski definition) is 3. The topological polar surface area (TPSA) is 134 Å². The lowest BCUT2D eigenvalue weighted by Gasteiger charge is -2.24. The van der Waals surface area contributed by atoms with E-state index in [4.69, 9.17) is 0 Å². The molecule has 10 heteroatoms. The van der Waals surface area contributed by atoms with Crippen molar-refractivity contribution in [2.75, 3.05) is 0 Å². The zero-order chi connectivity index (χ0) is 22.6. The van der Waals surface area contributed by atoms with E-state index in [-0.39, 0.29) is 17.9 Å². The SMILES string of the molecule is CC(C)C(NS(=O)(=O)c1ccccc1)C(=O)NC1Cc2cccc(n2)CNC(=O)C1=O. The predicted octanol–water partition coefficient (Wildman–Crippen LogP) is 0.311. The largest absolute Gasteiger partial charge is 0.344 e. The Bertz CT molecular complexity index is 1090. The number of rotatable bonds is 6. The summed E-state index contributed by atoms with van der Waals surface area (Å²) < 4.78 is 27.8. The van der Waals surface area contributed by atoms with E-state index >= 15 is 0 Å². The summed E-state index contributed by atoms with van der Waals surface area (Å²) in [6.45, 7) is 3.46. The molecule has 2 heterocycles. The van der Waals surface area contributed by atoms with Crippen LogP contribution in [0.4, 0.5) is 0 Å². The maximum atomic E-state index is 13.0. The summed E-state index contributed by atoms with van der Waals surface area (Å²) in [5.74, 6) is -2.76. The van der Waals surface area contributed by atoms with Crippen molar-refractivity contribution < 1.29 is 22.8 Å². The third-order valence-electron chi connectivity index (χ3n) is 4.85. The molecule has 2 atom stereocenters. The molecule has 2 aromatic rings. The van der Waals surface area contributed by atoms with Gasteiger partial charge in [0.25, 0.3) is 5.91 Å². The number of pyridine rings is 1. The summed E-state index contributed by atoms with van der Waals surface area (Å²) in [7, 11) is -3.96. The Morgan fingerprint density at radius 1 is 1.06 bits per heavy atom. The van der Waals surface area contributed by atoms with Gasteiger partial charge in [-0.3, -0.25) is 19.4 Å². The number of amides is 2. The van der Waals surface area contributed by atoms with Crippen LogP contribution in [0, 0.1) is 5.92 Å². The van der Waals surface area contributed by atoms with Crippen LogP contribution in [0.25, 0.3) is 0 Å². The average Bonchev–Trinajstić information content (AvgIpc) is 2.78. The van der Waals surface area contributed by atoms with E-state index in [2.05, 4.69) is 20.3 Å². The van der Waals surface area contributed by atoms with Crippen molar-refractivity contribution in [1.29, 1.82) is 0 Å². The van der Waals surface area contributed by atoms with Gasteiger partial charge in [0.2, 0.25) is 21.7 Å². The van der Waals surface area contributed by atoms with Crippen molar-refractivity contribution in [3.63, 3.8) is 0 Å². The van der Waals surface area contributed by atoms with Gasteiger partial charge in [-0.1, -0.05) is 38.1 Å². The van der Waals surface area contributed by atoms with Crippen LogP contribution >= 0.6 is 0 Å². The first-order valence-corrected chi connectivity index (χ1v) is 11.3. The molecule has 0 spiro atoms. The minimum Gasteiger partial charge on any atom is -0.344 e. The van der Waals surface area contributed by atoms with Gasteiger partial charge < -0.3 is 10.6 Å². The van der Waals surface area contributed by atoms with Gasteiger partial charge in [-0.25, -0.2) is 8.42 Å². The highest BCUT2D eigenvalue weighted by Gasteiger charge is 2.34. The fourth-order valence-electron chi connectivity index (χ4n) is 3.16. The number of fused-ring (bicyclic) bond motifs is 2. The normalized spacial score (nSPS) is 17.8. The van der Waals surface area contributed by atoms with Gasteiger partial charge in [-0.05, 0) is 30.2 Å². The van der Waals surface area contributed by atoms with E-state index in [0.29, 0.717) is 11.4 Å². The number of carbonyl (C=O) groups excluding carboxylic acids is 3. The molecule has 0 fully saturated rings. The summed E-state index contributed by atoms with van der Waals surface area (Å²) in [5, 5.41) is 5.03. The smallest absolute Gasteiger partial charge is 0.289 e. The lowest BCUT2D eigenvalue weighted by atomic mass is 10.0. The van der Waals surface area contributed by atoms with Gasteiger partial charge in [-0.2, -0.15) is 4.72 Å². The van der Waals surface area contributed by atoms with Crippen LogP contribution in [0.15, 0.2) is 53.4 Å². The summed E-state index contributed by atoms with van der Waals surface area (Å²) in [6.07, 6.45) is 0.0160. The molecular formula is C21H24N4O5S. The van der Waals surface area contributed by atoms with Crippen LogP contribution in [0.2, 0.25) is 0 Å². The fraction of sp³-hybridized carbons (Fsp3) is 0.333. The summed E-state index contributed by atoms with van der Waals surface area (Å²) >= 11 is 0. The molecule has 3 rings (SSSR count). The van der Waals surface area contributed by atoms with Crippen molar-refractivity contribution in [2.24, 2.45) is 5.92 Å². The van der Waals surface area contributed by atoms with Crippen molar-refractivity contribution in [3.8, 4) is 0 Å². The first kappa shape index (κ1) is 22.6. The molecule has 2 bridgehead atoms. The van der Waals surface area contributed by atoms with Gasteiger partial charge >= 0.3 is 0 Å². The second-order valence-electron chi connectivity index (χ2n) is 7.59. The van der Waals surface area contributed by atoms with Crippen molar-refractivity contribution in [3.05, 3.63) is 59.9 Å². The van der Waals surface area contributed by atoms with E-state index in [1.165, 1.54) is 12.1 Å². The summed E-state index contributed by atoms with van der Waals surface area (Å²) in [4.78, 5) is 42.2. The van der Waals surface area contributed by atoms with Crippen LogP contribution in [-0.4, -0.2) is 43.1 Å². The Morgan fingerprint density at radius 2 is 1.74 bits per heavy atom. The van der Waals surface area contributed by atoms with Crippen LogP contribution in [-0.2, 0) is 37.4 Å². The molecule has 9 nitrogen and oxygen atoms in total. The Morgan fingerprint density at radius 3 is 2.42 bits per heavy atom. The average molecular weight is 445 g/mol. The number of nitrogens with zero attached hydrogens (tertiary/aromatic N) is 1. The molecule has 1 aromatic heterocycles. The number of hydrogen-bond acceptors (Lipinski definition) is 6. The van der Waals surface area contributed by atoms with Crippen LogP contribution in [0.1, 0.15) is 25.2 Å². The molecular weight excluding hydrogens is 420 g/mol. The van der Waals surface area contributed by atoms with Crippen LogP contribution in [0.5, 0.6) is 0 Å². The maximum Gasteiger partial charge on any atom is 0.289 e. The predicted molar refractivity (Wildman–Crippen MR) is 112 cm³/mol. The third-order valence-corrected chi connectivity index (χ3v) is 6.31. The van der Waals surface area contributed by atoms with E-state index < -0.39 is 45.6 Å². The minimum absolute atomic E-state index is 0.0160. The number of carbonyl (C=O) groups is 3. The van der Waals surface area contributed by atoms with E-state index in [9.17, 15) is 22.8 Å². The van der Waals surface area contributed by atoms with E-state index in [1.54, 1.807) is 50.2 Å². The molecule has 0 aliphatic carbocycles. The first-order chi connectivity index (χ1) is 14.7. The number of Topliss-reactive ketones (excluding diaryl/α,β-unsaturated/α-hetero) is 1. The van der Waals surface area contributed by atoms with Crippen molar-refractivity contribution >= 4 is 27.6 Å². The highest BCUT2D eigenvalue weighted by molar-refractivity contribution is 7.89. The molecule has 0 saturated carbocycles. The quantitative estimate of drug-likeness (QED) is 0.549. The van der Waals surface area contributed by atoms with Gasteiger partial charge in [0.15, 0.2) is 0 Å². The van der Waals surface area contributed by atoms with Gasteiger partial charge in [0.1, 0.15) is 12.1 Å². The molecule has 0 saturated heterocycles. The van der Waals surface area contributed by atoms with Gasteiger partial charge in [-0.15, -0.1) is 0 Å². The van der Waals surface area contributed by atoms with Crippen molar-refractivity contribution in [1.82, 2.24) is 20.3 Å². The standard InChI is InChI=1S/C21H24N4O5S/c1-13(2)18(25-31(29,30)16-9-4-3-5-10-16)20(27)24-17-11-14-7-6-8-15(23-14)12-22-21(28)19(17)26/h3-10,13,17-18,25H,11-12H2,1-2H3,(H,22,28)(H,24,27). The van der Waals surface area contributed by atoms with Gasteiger partial charge in [0.05, 0.1) is 17.1 Å². The zero-order valence-electron chi connectivity index (χ0n) is 17.2. The Kier molecular flexibility index (Phi) is 6.81. The van der Waals surface area contributed by atoms with E-state index in [1.807, 2.05) is 0 Å². The molecule has 0 radical (unpaired) electrons. The number of sulfonamides is 1. The van der Waals surface area contributed by atoms with Crippen molar-refractivity contribution in [2.45, 2.75) is 43.8 Å². The first-order valence-electron chi connectivity index (χ1n) is 9.82. The zero-order valence-corrected chi connectivity index (χ0v) is 18.0. The number of benzene rings is 1. The number of aromatic nitrogens is 1. The molecule has 2 amide bonds. The fourth-order valence-corrected chi connectivity index (χ4v) is 4.53. The molecule has 164 valence electrons. The lowest BCUT2D eigenvalue weighted by molar-refractivity contribution is -0.140. The molecule has 31 heavy (non-hydrogen) atoms. The summed E-state index contributed by atoms with van der Waals surface area (Å²) in [6, 6.07) is 10.5. The molecule has 1 aliphatic rings. The Balaban J connectivity index is 1.82. The Hall–Kier alpha value is -3.11. The highest BCUT2D eigenvalue weighted by atomic mass is 32.2. The molecule has 3 N–H and O–H groups in total. The molecule has 1 aromatic carbocycles. The minimum atomic E-state index is -3.96. The van der Waals surface area contributed by atoms with E-state index in [0.717, 1.165) is 0 Å². The van der Waals surface area contributed by atoms with Crippen LogP contribution < -0.4 is 15.4 Å². The monoisotopic (exact) mass is 444 g/mol. The summed E-state index contributed by atoms with van der Waals surface area (Å²) in [5.41, 5.74) is 1.14. The molecule has 2 unspecified atom stereocenters. The Labute approximate surface area is 180 Å². The lowest BCUT2D eigenvalue weighted by Crippen LogP contribution is -2.55. The third kappa shape index (κ3) is 5.53. The second kappa shape index (κ2) is 9.36. The molecule has 1 aliphatic heterocycles. The number of ketones is 1. The maximum absolute atomic E-state index is 13.0. The highest BCUT2D eigenvalue weighted by Crippen LogP contribution is 2.13. The second-order valence-corrected chi connectivity index (χ2v) is 9.30. The van der Waals surface area contributed by atoms with Gasteiger partial charge in [0, 0.05) is 12.1 Å². The number of nitrogens with one attached hydrogen (secondary N) is 3.